The zero-order chi connectivity index (χ0) is 13.6. The quantitative estimate of drug-likeness (QED) is 0.632. The molecule has 0 radical (unpaired) electrons. The van der Waals surface area contributed by atoms with Crippen LogP contribution in [0.3, 0.4) is 0 Å². The van der Waals surface area contributed by atoms with Crippen LogP contribution in [0.2, 0.25) is 0 Å². The van der Waals surface area contributed by atoms with E-state index < -0.39 is 11.7 Å². The molecule has 0 bridgehead atoms. The smallest absolute Gasteiger partial charge is 0.407 e. The molecule has 2 N–H and O–H groups in total. The van der Waals surface area contributed by atoms with Gasteiger partial charge in [0.25, 0.3) is 0 Å². The lowest BCUT2D eigenvalue weighted by molar-refractivity contribution is 0.0530. The molecule has 0 aliphatic rings. The van der Waals surface area contributed by atoms with Gasteiger partial charge in [0.1, 0.15) is 5.60 Å². The number of nitrogens with zero attached hydrogens (tertiary/aromatic N) is 2. The Hall–Kier alpha value is -1.12. The Morgan fingerprint density at radius 3 is 2.50 bits per heavy atom. The van der Waals surface area contributed by atoms with Crippen molar-refractivity contribution in [3.05, 3.63) is 16.0 Å². The number of hydrogen-bond acceptors (Lipinski definition) is 5. The number of halogens is 1. The van der Waals surface area contributed by atoms with Gasteiger partial charge in [-0.2, -0.15) is 0 Å². The highest BCUT2D eigenvalue weighted by Crippen LogP contribution is 2.06. The van der Waals surface area contributed by atoms with E-state index in [1.54, 1.807) is 12.4 Å². The molecule has 1 heterocycles. The zero-order valence-electron chi connectivity index (χ0n) is 10.7. The Morgan fingerprint density at radius 2 is 1.94 bits per heavy atom. The molecule has 0 aromatic carbocycles. The first-order chi connectivity index (χ1) is 8.37. The fourth-order valence-electron chi connectivity index (χ4n) is 1.06. The molecule has 6 nitrogen and oxygen atoms in total. The van der Waals surface area contributed by atoms with Crippen LogP contribution in [0.5, 0.6) is 0 Å². The van der Waals surface area contributed by atoms with E-state index in [2.05, 4.69) is 43.2 Å². The average molecular weight is 364 g/mol. The molecule has 0 unspecified atom stereocenters. The second-order valence-corrected chi connectivity index (χ2v) is 5.83. The van der Waals surface area contributed by atoms with Gasteiger partial charge < -0.3 is 15.4 Å². The molecule has 7 heteroatoms. The van der Waals surface area contributed by atoms with E-state index in [-0.39, 0.29) is 0 Å². The Labute approximate surface area is 120 Å². The van der Waals surface area contributed by atoms with Gasteiger partial charge in [0.05, 0.1) is 0 Å². The lowest BCUT2D eigenvalue weighted by Gasteiger charge is -2.19. The summed E-state index contributed by atoms with van der Waals surface area (Å²) in [6.45, 7) is 6.46. The molecule has 1 aromatic heterocycles. The number of rotatable bonds is 4. The molecule has 18 heavy (non-hydrogen) atoms. The second kappa shape index (κ2) is 6.72. The van der Waals surface area contributed by atoms with Crippen molar-refractivity contribution in [2.75, 3.05) is 18.4 Å². The maximum absolute atomic E-state index is 11.3. The molecule has 0 saturated carbocycles. The van der Waals surface area contributed by atoms with E-state index in [4.69, 9.17) is 4.74 Å². The molecule has 100 valence electrons. The first kappa shape index (κ1) is 14.9. The van der Waals surface area contributed by atoms with Crippen molar-refractivity contribution in [1.29, 1.82) is 0 Å². The van der Waals surface area contributed by atoms with Crippen LogP contribution in [0.25, 0.3) is 0 Å². The SMILES string of the molecule is CC(C)(C)OC(=O)NCCNc1ncc(I)cn1. The largest absolute Gasteiger partial charge is 0.444 e. The average Bonchev–Trinajstić information content (AvgIpc) is 2.24. The Bertz CT molecular complexity index is 389. The van der Waals surface area contributed by atoms with E-state index >= 15 is 0 Å². The van der Waals surface area contributed by atoms with Gasteiger partial charge in [0.15, 0.2) is 0 Å². The van der Waals surface area contributed by atoms with Crippen molar-refractivity contribution in [2.45, 2.75) is 26.4 Å². The van der Waals surface area contributed by atoms with Gasteiger partial charge in [0.2, 0.25) is 5.95 Å². The predicted octanol–water partition coefficient (Wildman–Crippen LogP) is 2.02. The van der Waals surface area contributed by atoms with Crippen molar-refractivity contribution in [3.8, 4) is 0 Å². The van der Waals surface area contributed by atoms with E-state index in [0.717, 1.165) is 3.57 Å². The fraction of sp³-hybridized carbons (Fsp3) is 0.545. The van der Waals surface area contributed by atoms with Crippen LogP contribution in [-0.2, 0) is 4.74 Å². The number of amides is 1. The summed E-state index contributed by atoms with van der Waals surface area (Å²) in [6, 6.07) is 0. The van der Waals surface area contributed by atoms with Crippen molar-refractivity contribution in [2.24, 2.45) is 0 Å². The van der Waals surface area contributed by atoms with Gasteiger partial charge in [-0.05, 0) is 43.4 Å². The molecular weight excluding hydrogens is 347 g/mol. The maximum Gasteiger partial charge on any atom is 0.407 e. The lowest BCUT2D eigenvalue weighted by Crippen LogP contribution is -2.35. The minimum absolute atomic E-state index is 0.423. The Morgan fingerprint density at radius 1 is 1.33 bits per heavy atom. The van der Waals surface area contributed by atoms with Crippen LogP contribution in [0.4, 0.5) is 10.7 Å². The molecule has 1 aromatic rings. The second-order valence-electron chi connectivity index (χ2n) is 4.58. The number of carbonyl (C=O) groups is 1. The first-order valence-electron chi connectivity index (χ1n) is 5.55. The normalized spacial score (nSPS) is 10.9. The van der Waals surface area contributed by atoms with Crippen LogP contribution >= 0.6 is 22.6 Å². The van der Waals surface area contributed by atoms with Gasteiger partial charge >= 0.3 is 6.09 Å². The highest BCUT2D eigenvalue weighted by Gasteiger charge is 2.15. The van der Waals surface area contributed by atoms with Crippen molar-refractivity contribution < 1.29 is 9.53 Å². The van der Waals surface area contributed by atoms with Crippen LogP contribution in [0.1, 0.15) is 20.8 Å². The molecule has 0 aliphatic heterocycles. The van der Waals surface area contributed by atoms with Gasteiger partial charge in [0, 0.05) is 29.1 Å². The van der Waals surface area contributed by atoms with Gasteiger partial charge in [-0.15, -0.1) is 0 Å². The minimum atomic E-state index is -0.475. The van der Waals surface area contributed by atoms with E-state index in [0.29, 0.717) is 19.0 Å². The molecule has 1 rings (SSSR count). The minimum Gasteiger partial charge on any atom is -0.444 e. The van der Waals surface area contributed by atoms with E-state index in [1.165, 1.54) is 0 Å². The topological polar surface area (TPSA) is 76.1 Å². The van der Waals surface area contributed by atoms with Gasteiger partial charge in [-0.25, -0.2) is 14.8 Å². The lowest BCUT2D eigenvalue weighted by atomic mass is 10.2. The maximum atomic E-state index is 11.3. The highest BCUT2D eigenvalue weighted by atomic mass is 127. The number of nitrogens with one attached hydrogen (secondary N) is 2. The predicted molar refractivity (Wildman–Crippen MR) is 77.5 cm³/mol. The van der Waals surface area contributed by atoms with Crippen LogP contribution in [0, 0.1) is 3.57 Å². The monoisotopic (exact) mass is 364 g/mol. The summed E-state index contributed by atoms with van der Waals surface area (Å²) in [6.07, 6.45) is 3.02. The number of hydrogen-bond donors (Lipinski definition) is 2. The molecular formula is C11H17IN4O2. The first-order valence-corrected chi connectivity index (χ1v) is 6.63. The summed E-state index contributed by atoms with van der Waals surface area (Å²) < 4.78 is 6.07. The van der Waals surface area contributed by atoms with E-state index in [9.17, 15) is 4.79 Å². The third-order valence-electron chi connectivity index (χ3n) is 1.70. The summed E-state index contributed by atoms with van der Waals surface area (Å²) in [5.41, 5.74) is -0.475. The molecule has 1 amide bonds. The van der Waals surface area contributed by atoms with Crippen molar-refractivity contribution in [3.63, 3.8) is 0 Å². The van der Waals surface area contributed by atoms with Gasteiger partial charge in [-0.3, -0.25) is 0 Å². The Balaban J connectivity index is 2.19. The summed E-state index contributed by atoms with van der Waals surface area (Å²) in [5, 5.41) is 5.63. The third-order valence-corrected chi connectivity index (χ3v) is 2.25. The molecule has 0 spiro atoms. The number of carbonyl (C=O) groups excluding carboxylic acids is 1. The van der Waals surface area contributed by atoms with Crippen LogP contribution in [-0.4, -0.2) is 34.8 Å². The summed E-state index contributed by atoms with van der Waals surface area (Å²) >= 11 is 2.14. The number of alkyl carbamates (subject to hydrolysis) is 1. The van der Waals surface area contributed by atoms with E-state index in [1.807, 2.05) is 20.8 Å². The molecule has 0 saturated heterocycles. The summed E-state index contributed by atoms with van der Waals surface area (Å²) in [5.74, 6) is 0.543. The van der Waals surface area contributed by atoms with Crippen LogP contribution < -0.4 is 10.6 Å². The number of anilines is 1. The van der Waals surface area contributed by atoms with Crippen molar-refractivity contribution >= 4 is 34.6 Å². The number of aromatic nitrogens is 2. The standard InChI is InChI=1S/C11H17IN4O2/c1-11(2,3)18-10(17)14-5-4-13-9-15-6-8(12)7-16-9/h6-7H,4-5H2,1-3H3,(H,14,17)(H,13,15,16). The summed E-state index contributed by atoms with van der Waals surface area (Å²) in [4.78, 5) is 19.5. The molecule has 0 atom stereocenters. The van der Waals surface area contributed by atoms with Crippen LogP contribution in [0.15, 0.2) is 12.4 Å². The highest BCUT2D eigenvalue weighted by molar-refractivity contribution is 14.1. The molecule has 0 aliphatic carbocycles. The summed E-state index contributed by atoms with van der Waals surface area (Å²) in [7, 11) is 0. The Kier molecular flexibility index (Phi) is 5.57. The van der Waals surface area contributed by atoms with Gasteiger partial charge in [-0.1, -0.05) is 0 Å². The third kappa shape index (κ3) is 6.58. The van der Waals surface area contributed by atoms with Crippen molar-refractivity contribution in [1.82, 2.24) is 15.3 Å². The number of ether oxygens (including phenoxy) is 1. The molecule has 0 fully saturated rings. The fourth-order valence-corrected chi connectivity index (χ4v) is 1.34. The zero-order valence-corrected chi connectivity index (χ0v) is 12.8.